The molecule has 0 aliphatic rings. The number of aliphatic hydroxyl groups is 1. The van der Waals surface area contributed by atoms with Crippen LogP contribution in [0.3, 0.4) is 0 Å². The van der Waals surface area contributed by atoms with E-state index in [1.54, 1.807) is 21.3 Å². The molecule has 1 atom stereocenters. The van der Waals surface area contributed by atoms with Crippen LogP contribution in [0.5, 0.6) is 0 Å². The summed E-state index contributed by atoms with van der Waals surface area (Å²) >= 11 is 0. The fraction of sp³-hybridized carbons (Fsp3) is 1.00. The van der Waals surface area contributed by atoms with E-state index in [1.165, 1.54) is 96.3 Å². The average Bonchev–Trinajstić information content (AvgIpc) is 2.71. The molecule has 0 aliphatic carbocycles. The molecule has 4 nitrogen and oxygen atoms in total. The lowest BCUT2D eigenvalue weighted by Crippen LogP contribution is -2.45. The molecule has 0 aromatic rings. The third-order valence-electron chi connectivity index (χ3n) is 5.81. The van der Waals surface area contributed by atoms with Gasteiger partial charge in [-0.3, -0.25) is 0 Å². The van der Waals surface area contributed by atoms with Crippen molar-refractivity contribution < 1.29 is 18.4 Å². The summed E-state index contributed by atoms with van der Waals surface area (Å²) in [7, 11) is 2.15. The number of rotatable bonds is 22. The third-order valence-corrected chi connectivity index (χ3v) is 8.65. The first-order valence-electron chi connectivity index (χ1n) is 12.0. The molecular formula is C23H50O4Si. The molecule has 0 amide bonds. The van der Waals surface area contributed by atoms with Crippen molar-refractivity contribution in [2.24, 2.45) is 0 Å². The van der Waals surface area contributed by atoms with Crippen molar-refractivity contribution >= 4 is 8.80 Å². The van der Waals surface area contributed by atoms with Gasteiger partial charge in [-0.2, -0.15) is 0 Å². The van der Waals surface area contributed by atoms with Crippen molar-refractivity contribution in [1.29, 1.82) is 0 Å². The van der Waals surface area contributed by atoms with E-state index in [-0.39, 0.29) is 0 Å². The van der Waals surface area contributed by atoms with Gasteiger partial charge in [0.2, 0.25) is 0 Å². The van der Waals surface area contributed by atoms with Gasteiger partial charge in [-0.05, 0) is 6.42 Å². The SMILES string of the molecule is CCCCCCCCCCCCCCCCCCC(O)C[Si](OC)(OC)OC. The summed E-state index contributed by atoms with van der Waals surface area (Å²) in [6.07, 6.45) is 22.3. The Morgan fingerprint density at radius 1 is 0.571 bits per heavy atom. The zero-order chi connectivity index (χ0) is 20.9. The minimum absolute atomic E-state index is 0.391. The Bertz CT molecular complexity index is 303. The molecule has 0 radical (unpaired) electrons. The Morgan fingerprint density at radius 3 is 1.21 bits per heavy atom. The minimum atomic E-state index is -2.64. The second kappa shape index (κ2) is 20.3. The van der Waals surface area contributed by atoms with Gasteiger partial charge in [-0.1, -0.05) is 110 Å². The second-order valence-corrected chi connectivity index (χ2v) is 11.2. The molecule has 5 heteroatoms. The van der Waals surface area contributed by atoms with Crippen LogP contribution in [0.2, 0.25) is 6.04 Å². The molecule has 1 unspecified atom stereocenters. The minimum Gasteiger partial charge on any atom is -0.393 e. The van der Waals surface area contributed by atoms with E-state index >= 15 is 0 Å². The molecule has 0 heterocycles. The van der Waals surface area contributed by atoms with Gasteiger partial charge in [0.15, 0.2) is 0 Å². The number of aliphatic hydroxyl groups excluding tert-OH is 1. The van der Waals surface area contributed by atoms with E-state index in [0.717, 1.165) is 12.8 Å². The number of unbranched alkanes of at least 4 members (excludes halogenated alkanes) is 15. The van der Waals surface area contributed by atoms with Crippen molar-refractivity contribution in [3.05, 3.63) is 0 Å². The maximum atomic E-state index is 10.2. The number of hydrogen-bond donors (Lipinski definition) is 1. The summed E-state index contributed by atoms with van der Waals surface area (Å²) in [5.74, 6) is 0. The molecule has 0 bridgehead atoms. The molecule has 0 saturated carbocycles. The van der Waals surface area contributed by atoms with Gasteiger partial charge in [0.25, 0.3) is 0 Å². The van der Waals surface area contributed by atoms with E-state index in [9.17, 15) is 5.11 Å². The molecule has 0 aliphatic heterocycles. The predicted octanol–water partition coefficient (Wildman–Crippen LogP) is 6.88. The first-order chi connectivity index (χ1) is 13.6. The summed E-state index contributed by atoms with van der Waals surface area (Å²) in [5.41, 5.74) is 0. The zero-order valence-electron chi connectivity index (χ0n) is 19.5. The van der Waals surface area contributed by atoms with Gasteiger partial charge >= 0.3 is 8.80 Å². The average molecular weight is 419 g/mol. The van der Waals surface area contributed by atoms with E-state index in [1.807, 2.05) is 0 Å². The molecule has 0 aromatic heterocycles. The van der Waals surface area contributed by atoms with Crippen LogP contribution in [0.15, 0.2) is 0 Å². The lowest BCUT2D eigenvalue weighted by atomic mass is 10.0. The van der Waals surface area contributed by atoms with Gasteiger partial charge in [-0.25, -0.2) is 0 Å². The maximum absolute atomic E-state index is 10.2. The van der Waals surface area contributed by atoms with E-state index in [4.69, 9.17) is 13.3 Å². The van der Waals surface area contributed by atoms with Crippen LogP contribution in [0, 0.1) is 0 Å². The monoisotopic (exact) mass is 418 g/mol. The van der Waals surface area contributed by atoms with Crippen molar-refractivity contribution in [2.45, 2.75) is 128 Å². The van der Waals surface area contributed by atoms with Gasteiger partial charge in [-0.15, -0.1) is 0 Å². The molecule has 0 aromatic carbocycles. The second-order valence-electron chi connectivity index (χ2n) is 8.25. The smallest absolute Gasteiger partial charge is 0.393 e. The van der Waals surface area contributed by atoms with Crippen LogP contribution in [0.1, 0.15) is 116 Å². The Balaban J connectivity index is 3.33. The van der Waals surface area contributed by atoms with Crippen molar-refractivity contribution in [3.63, 3.8) is 0 Å². The normalized spacial score (nSPS) is 13.2. The lowest BCUT2D eigenvalue weighted by Gasteiger charge is -2.26. The summed E-state index contributed by atoms with van der Waals surface area (Å²) in [6, 6.07) is 0.481. The van der Waals surface area contributed by atoms with Crippen LogP contribution in [0.25, 0.3) is 0 Å². The predicted molar refractivity (Wildman–Crippen MR) is 122 cm³/mol. The Hall–Kier alpha value is 0.0569. The van der Waals surface area contributed by atoms with Crippen LogP contribution < -0.4 is 0 Å². The van der Waals surface area contributed by atoms with E-state index in [0.29, 0.717) is 6.04 Å². The molecule has 0 saturated heterocycles. The van der Waals surface area contributed by atoms with Gasteiger partial charge in [0.05, 0.1) is 6.10 Å². The Morgan fingerprint density at radius 2 is 0.893 bits per heavy atom. The van der Waals surface area contributed by atoms with Gasteiger partial charge < -0.3 is 18.4 Å². The summed E-state index contributed by atoms with van der Waals surface area (Å²) < 4.78 is 16.1. The quantitative estimate of drug-likeness (QED) is 0.154. The highest BCUT2D eigenvalue weighted by Gasteiger charge is 2.39. The van der Waals surface area contributed by atoms with Gasteiger partial charge in [0.1, 0.15) is 0 Å². The number of hydrogen-bond acceptors (Lipinski definition) is 4. The van der Waals surface area contributed by atoms with Crippen LogP contribution in [-0.4, -0.2) is 41.3 Å². The van der Waals surface area contributed by atoms with E-state index < -0.39 is 14.9 Å². The van der Waals surface area contributed by atoms with Crippen LogP contribution >= 0.6 is 0 Å². The maximum Gasteiger partial charge on any atom is 0.502 e. The molecule has 0 fully saturated rings. The Kier molecular flexibility index (Phi) is 20.4. The molecule has 28 heavy (non-hydrogen) atoms. The highest BCUT2D eigenvalue weighted by molar-refractivity contribution is 6.60. The standard InChI is InChI=1S/C23H50O4Si/c1-5-6-7-8-9-10-11-12-13-14-15-16-17-18-19-20-21-23(24)22-28(25-2,26-3)27-4/h23-24H,5-22H2,1-4H3. The van der Waals surface area contributed by atoms with Crippen LogP contribution in [-0.2, 0) is 13.3 Å². The Labute approximate surface area is 177 Å². The highest BCUT2D eigenvalue weighted by atomic mass is 28.4. The van der Waals surface area contributed by atoms with Crippen molar-refractivity contribution in [3.8, 4) is 0 Å². The molecule has 170 valence electrons. The topological polar surface area (TPSA) is 47.9 Å². The lowest BCUT2D eigenvalue weighted by molar-refractivity contribution is 0.0936. The zero-order valence-corrected chi connectivity index (χ0v) is 20.5. The highest BCUT2D eigenvalue weighted by Crippen LogP contribution is 2.19. The molecular weight excluding hydrogens is 368 g/mol. The fourth-order valence-electron chi connectivity index (χ4n) is 3.82. The molecule has 0 rings (SSSR count). The van der Waals surface area contributed by atoms with E-state index in [2.05, 4.69) is 6.92 Å². The summed E-state index contributed by atoms with van der Waals surface area (Å²) in [5, 5.41) is 10.2. The van der Waals surface area contributed by atoms with Gasteiger partial charge in [0, 0.05) is 27.4 Å². The van der Waals surface area contributed by atoms with Crippen molar-refractivity contribution in [2.75, 3.05) is 21.3 Å². The van der Waals surface area contributed by atoms with Crippen molar-refractivity contribution in [1.82, 2.24) is 0 Å². The first kappa shape index (κ1) is 28.1. The molecule has 0 spiro atoms. The first-order valence-corrected chi connectivity index (χ1v) is 13.9. The summed E-state index contributed by atoms with van der Waals surface area (Å²) in [6.45, 7) is 2.28. The fourth-order valence-corrected chi connectivity index (χ4v) is 5.60. The largest absolute Gasteiger partial charge is 0.502 e. The van der Waals surface area contributed by atoms with Crippen LogP contribution in [0.4, 0.5) is 0 Å². The summed E-state index contributed by atoms with van der Waals surface area (Å²) in [4.78, 5) is 0. The molecule has 1 N–H and O–H groups in total. The third kappa shape index (κ3) is 15.9.